The standard InChI is InChI=1S/C16H12O/c1-2-3-4-13-5-7-14(8-6-13)15-9-11-16(17)12-10-15/h1,3-12,17H/b4-3+. The fraction of sp³-hybridized carbons (Fsp3) is 0. The van der Waals surface area contributed by atoms with Gasteiger partial charge in [-0.1, -0.05) is 42.3 Å². The summed E-state index contributed by atoms with van der Waals surface area (Å²) in [5, 5.41) is 9.22. The van der Waals surface area contributed by atoms with Crippen LogP contribution in [0.4, 0.5) is 0 Å². The first-order valence-corrected chi connectivity index (χ1v) is 5.32. The van der Waals surface area contributed by atoms with Crippen molar-refractivity contribution in [2.75, 3.05) is 0 Å². The van der Waals surface area contributed by atoms with Crippen LogP contribution in [0.15, 0.2) is 54.6 Å². The van der Waals surface area contributed by atoms with Crippen molar-refractivity contribution in [1.29, 1.82) is 0 Å². The fourth-order valence-electron chi connectivity index (χ4n) is 1.58. The Labute approximate surface area is 101 Å². The van der Waals surface area contributed by atoms with E-state index in [0.717, 1.165) is 16.7 Å². The SMILES string of the molecule is C#C/C=C/c1ccc(-c2ccc(O)cc2)cc1. The van der Waals surface area contributed by atoms with Gasteiger partial charge in [-0.25, -0.2) is 0 Å². The Bertz CT molecular complexity index is 554. The highest BCUT2D eigenvalue weighted by Crippen LogP contribution is 2.22. The number of phenols is 1. The minimum absolute atomic E-state index is 0.280. The highest BCUT2D eigenvalue weighted by molar-refractivity contribution is 5.66. The van der Waals surface area contributed by atoms with Crippen LogP contribution < -0.4 is 0 Å². The quantitative estimate of drug-likeness (QED) is 0.765. The normalized spacial score (nSPS) is 10.3. The van der Waals surface area contributed by atoms with Gasteiger partial charge >= 0.3 is 0 Å². The molecule has 0 bridgehead atoms. The predicted octanol–water partition coefficient (Wildman–Crippen LogP) is 3.71. The molecule has 0 aliphatic rings. The van der Waals surface area contributed by atoms with Crippen molar-refractivity contribution in [3.05, 3.63) is 60.2 Å². The van der Waals surface area contributed by atoms with Crippen LogP contribution in [0.5, 0.6) is 5.75 Å². The second-order valence-electron chi connectivity index (χ2n) is 3.67. The zero-order valence-electron chi connectivity index (χ0n) is 9.30. The smallest absolute Gasteiger partial charge is 0.115 e. The van der Waals surface area contributed by atoms with Crippen molar-refractivity contribution in [3.8, 4) is 29.2 Å². The third kappa shape index (κ3) is 2.76. The van der Waals surface area contributed by atoms with Gasteiger partial charge in [0.25, 0.3) is 0 Å². The third-order valence-corrected chi connectivity index (χ3v) is 2.48. The Morgan fingerprint density at radius 2 is 1.41 bits per heavy atom. The van der Waals surface area contributed by atoms with Crippen LogP contribution in [-0.2, 0) is 0 Å². The monoisotopic (exact) mass is 220 g/mol. The summed E-state index contributed by atoms with van der Waals surface area (Å²) >= 11 is 0. The average molecular weight is 220 g/mol. The van der Waals surface area contributed by atoms with E-state index in [0.29, 0.717) is 0 Å². The molecular weight excluding hydrogens is 208 g/mol. The van der Waals surface area contributed by atoms with Gasteiger partial charge in [0, 0.05) is 0 Å². The number of hydrogen-bond acceptors (Lipinski definition) is 1. The van der Waals surface area contributed by atoms with Crippen LogP contribution in [-0.4, -0.2) is 5.11 Å². The molecule has 1 heteroatoms. The van der Waals surface area contributed by atoms with Gasteiger partial charge in [-0.05, 0) is 41.0 Å². The number of terminal acetylenes is 1. The van der Waals surface area contributed by atoms with Gasteiger partial charge in [0.2, 0.25) is 0 Å². The molecule has 0 saturated carbocycles. The van der Waals surface area contributed by atoms with Gasteiger partial charge in [0.15, 0.2) is 0 Å². The molecule has 0 radical (unpaired) electrons. The molecule has 82 valence electrons. The number of benzene rings is 2. The molecule has 0 spiro atoms. The Balaban J connectivity index is 2.26. The fourth-order valence-corrected chi connectivity index (χ4v) is 1.58. The summed E-state index contributed by atoms with van der Waals surface area (Å²) in [7, 11) is 0. The first kappa shape index (κ1) is 11.0. The van der Waals surface area contributed by atoms with Gasteiger partial charge in [0.1, 0.15) is 5.75 Å². The number of hydrogen-bond donors (Lipinski definition) is 1. The minimum atomic E-state index is 0.280. The summed E-state index contributed by atoms with van der Waals surface area (Å²) < 4.78 is 0. The second kappa shape index (κ2) is 5.05. The van der Waals surface area contributed by atoms with E-state index in [1.807, 2.05) is 42.5 Å². The first-order valence-electron chi connectivity index (χ1n) is 5.32. The van der Waals surface area contributed by atoms with Crippen molar-refractivity contribution in [2.45, 2.75) is 0 Å². The van der Waals surface area contributed by atoms with Crippen LogP contribution in [0.3, 0.4) is 0 Å². The topological polar surface area (TPSA) is 20.2 Å². The summed E-state index contributed by atoms with van der Waals surface area (Å²) in [5.74, 6) is 2.74. The van der Waals surface area contributed by atoms with E-state index in [4.69, 9.17) is 6.42 Å². The molecule has 0 aliphatic carbocycles. The van der Waals surface area contributed by atoms with E-state index in [2.05, 4.69) is 5.92 Å². The summed E-state index contributed by atoms with van der Waals surface area (Å²) in [6, 6.07) is 15.2. The molecule has 2 aromatic rings. The van der Waals surface area contributed by atoms with Gasteiger partial charge in [-0.15, -0.1) is 6.42 Å². The molecule has 2 aromatic carbocycles. The predicted molar refractivity (Wildman–Crippen MR) is 71.4 cm³/mol. The van der Waals surface area contributed by atoms with E-state index in [-0.39, 0.29) is 5.75 Å². The van der Waals surface area contributed by atoms with Crippen LogP contribution in [0.1, 0.15) is 5.56 Å². The lowest BCUT2D eigenvalue weighted by atomic mass is 10.0. The first-order chi connectivity index (χ1) is 8.29. The van der Waals surface area contributed by atoms with Crippen LogP contribution >= 0.6 is 0 Å². The van der Waals surface area contributed by atoms with Crippen molar-refractivity contribution in [1.82, 2.24) is 0 Å². The molecule has 0 amide bonds. The molecule has 17 heavy (non-hydrogen) atoms. The molecule has 0 saturated heterocycles. The summed E-state index contributed by atoms with van der Waals surface area (Å²) in [5.41, 5.74) is 3.27. The largest absolute Gasteiger partial charge is 0.508 e. The van der Waals surface area contributed by atoms with Crippen molar-refractivity contribution in [2.24, 2.45) is 0 Å². The Morgan fingerprint density at radius 1 is 0.882 bits per heavy atom. The van der Waals surface area contributed by atoms with Crippen molar-refractivity contribution >= 4 is 6.08 Å². The maximum absolute atomic E-state index is 9.22. The van der Waals surface area contributed by atoms with Gasteiger partial charge in [0.05, 0.1) is 0 Å². The highest BCUT2D eigenvalue weighted by atomic mass is 16.3. The number of allylic oxidation sites excluding steroid dienone is 1. The molecule has 1 nitrogen and oxygen atoms in total. The lowest BCUT2D eigenvalue weighted by Crippen LogP contribution is -1.78. The molecule has 0 unspecified atom stereocenters. The second-order valence-corrected chi connectivity index (χ2v) is 3.67. The van der Waals surface area contributed by atoms with Crippen LogP contribution in [0.2, 0.25) is 0 Å². The number of phenolic OH excluding ortho intramolecular Hbond substituents is 1. The maximum atomic E-state index is 9.22. The molecule has 2 rings (SSSR count). The van der Waals surface area contributed by atoms with Crippen LogP contribution in [0.25, 0.3) is 17.2 Å². The van der Waals surface area contributed by atoms with E-state index < -0.39 is 0 Å². The maximum Gasteiger partial charge on any atom is 0.115 e. The zero-order chi connectivity index (χ0) is 12.1. The third-order valence-electron chi connectivity index (χ3n) is 2.48. The van der Waals surface area contributed by atoms with Gasteiger partial charge in [-0.3, -0.25) is 0 Å². The highest BCUT2D eigenvalue weighted by Gasteiger charge is 1.97. The lowest BCUT2D eigenvalue weighted by molar-refractivity contribution is 0.475. The molecule has 0 heterocycles. The molecule has 0 aromatic heterocycles. The summed E-state index contributed by atoms with van der Waals surface area (Å²) in [4.78, 5) is 0. The van der Waals surface area contributed by atoms with Crippen molar-refractivity contribution < 1.29 is 5.11 Å². The minimum Gasteiger partial charge on any atom is -0.508 e. The Morgan fingerprint density at radius 3 is 1.94 bits per heavy atom. The summed E-state index contributed by atoms with van der Waals surface area (Å²) in [6.45, 7) is 0. The Kier molecular flexibility index (Phi) is 3.28. The molecule has 0 fully saturated rings. The van der Waals surface area contributed by atoms with Gasteiger partial charge in [-0.2, -0.15) is 0 Å². The van der Waals surface area contributed by atoms with E-state index in [1.165, 1.54) is 0 Å². The van der Waals surface area contributed by atoms with Crippen molar-refractivity contribution in [3.63, 3.8) is 0 Å². The van der Waals surface area contributed by atoms with E-state index >= 15 is 0 Å². The molecular formula is C16H12O. The van der Waals surface area contributed by atoms with Gasteiger partial charge < -0.3 is 5.11 Å². The number of aromatic hydroxyl groups is 1. The average Bonchev–Trinajstić information content (AvgIpc) is 2.38. The van der Waals surface area contributed by atoms with Crippen LogP contribution in [0, 0.1) is 12.3 Å². The van der Waals surface area contributed by atoms with E-state index in [9.17, 15) is 5.11 Å². The zero-order valence-corrected chi connectivity index (χ0v) is 9.30. The van der Waals surface area contributed by atoms with E-state index in [1.54, 1.807) is 18.2 Å². The molecule has 0 aliphatic heterocycles. The molecule has 1 N–H and O–H groups in total. The number of rotatable bonds is 2. The molecule has 0 atom stereocenters. The summed E-state index contributed by atoms with van der Waals surface area (Å²) in [6.07, 6.45) is 8.72. The lowest BCUT2D eigenvalue weighted by Gasteiger charge is -2.02. The Hall–Kier alpha value is -2.46.